The van der Waals surface area contributed by atoms with Gasteiger partial charge in [0, 0.05) is 28.9 Å². The van der Waals surface area contributed by atoms with Crippen LogP contribution in [0, 0.1) is 20.8 Å². The summed E-state index contributed by atoms with van der Waals surface area (Å²) < 4.78 is 0. The van der Waals surface area contributed by atoms with Gasteiger partial charge in [0.05, 0.1) is 5.75 Å². The van der Waals surface area contributed by atoms with E-state index in [1.807, 2.05) is 26.1 Å². The number of hydrogen-bond acceptors (Lipinski definition) is 6. The number of aryl methyl sites for hydroxylation is 3. The highest BCUT2D eigenvalue weighted by Gasteiger charge is 2.09. The first kappa shape index (κ1) is 18.5. The van der Waals surface area contributed by atoms with Gasteiger partial charge in [-0.15, -0.1) is 11.3 Å². The maximum Gasteiger partial charge on any atom is 0.236 e. The second-order valence-corrected chi connectivity index (χ2v) is 8.12. The van der Waals surface area contributed by atoms with Crippen molar-refractivity contribution in [2.75, 3.05) is 11.1 Å². The van der Waals surface area contributed by atoms with Crippen molar-refractivity contribution >= 4 is 34.1 Å². The van der Waals surface area contributed by atoms with Crippen molar-refractivity contribution in [1.82, 2.24) is 15.0 Å². The van der Waals surface area contributed by atoms with Crippen molar-refractivity contribution in [3.05, 3.63) is 63.9 Å². The van der Waals surface area contributed by atoms with E-state index in [1.54, 1.807) is 0 Å². The maximum atomic E-state index is 12.1. The van der Waals surface area contributed by atoms with Gasteiger partial charge in [-0.1, -0.05) is 41.6 Å². The van der Waals surface area contributed by atoms with Gasteiger partial charge < -0.3 is 5.32 Å². The minimum absolute atomic E-state index is 0.103. The predicted molar refractivity (Wildman–Crippen MR) is 107 cm³/mol. The Balaban J connectivity index is 1.53. The van der Waals surface area contributed by atoms with Crippen LogP contribution in [0.4, 0.5) is 5.13 Å². The van der Waals surface area contributed by atoms with Crippen molar-refractivity contribution in [1.29, 1.82) is 0 Å². The van der Waals surface area contributed by atoms with Crippen LogP contribution in [0.3, 0.4) is 0 Å². The number of benzene rings is 1. The lowest BCUT2D eigenvalue weighted by Crippen LogP contribution is -2.14. The van der Waals surface area contributed by atoms with E-state index in [-0.39, 0.29) is 11.7 Å². The van der Waals surface area contributed by atoms with Gasteiger partial charge in [-0.05, 0) is 32.4 Å². The molecule has 5 nitrogen and oxygen atoms in total. The maximum absolute atomic E-state index is 12.1. The molecule has 0 fully saturated rings. The summed E-state index contributed by atoms with van der Waals surface area (Å²) in [6.45, 7) is 5.92. The summed E-state index contributed by atoms with van der Waals surface area (Å²) in [5.74, 6) is 0.157. The van der Waals surface area contributed by atoms with Crippen LogP contribution in [0.2, 0.25) is 0 Å². The number of hydrogen-bond donors (Lipinski definition) is 1. The summed E-state index contributed by atoms with van der Waals surface area (Å²) >= 11 is 2.83. The zero-order valence-corrected chi connectivity index (χ0v) is 16.6. The summed E-state index contributed by atoms with van der Waals surface area (Å²) in [6, 6.07) is 10.4. The molecule has 0 aliphatic rings. The summed E-state index contributed by atoms with van der Waals surface area (Å²) in [4.78, 5) is 26.2. The summed E-state index contributed by atoms with van der Waals surface area (Å²) in [7, 11) is 0. The molecule has 0 atom stereocenters. The van der Waals surface area contributed by atoms with Crippen LogP contribution >= 0.6 is 23.1 Å². The molecule has 0 unspecified atom stereocenters. The first-order valence-corrected chi connectivity index (χ1v) is 10.0. The van der Waals surface area contributed by atoms with Crippen molar-refractivity contribution in [3.63, 3.8) is 0 Å². The molecule has 0 spiro atoms. The molecular weight excluding hydrogens is 364 g/mol. The Kier molecular flexibility index (Phi) is 6.00. The number of amides is 1. The van der Waals surface area contributed by atoms with E-state index in [9.17, 15) is 4.79 Å². The zero-order valence-electron chi connectivity index (χ0n) is 14.9. The lowest BCUT2D eigenvalue weighted by Gasteiger charge is -2.03. The summed E-state index contributed by atoms with van der Waals surface area (Å²) in [5, 5.41) is 4.09. The zero-order chi connectivity index (χ0) is 18.5. The van der Waals surface area contributed by atoms with Gasteiger partial charge in [-0.25, -0.2) is 15.0 Å². The Bertz CT molecular complexity index is 886. The number of anilines is 1. The van der Waals surface area contributed by atoms with Gasteiger partial charge in [-0.3, -0.25) is 4.79 Å². The number of nitrogens with one attached hydrogen (secondary N) is 1. The van der Waals surface area contributed by atoms with Crippen LogP contribution in [0.15, 0.2) is 41.7 Å². The van der Waals surface area contributed by atoms with Crippen molar-refractivity contribution in [2.24, 2.45) is 0 Å². The van der Waals surface area contributed by atoms with Gasteiger partial charge in [-0.2, -0.15) is 0 Å². The SMILES string of the molecule is Cc1ccc(Cc2cnc(NC(=O)CSc3nc(C)cc(C)n3)s2)cc1. The van der Waals surface area contributed by atoms with Crippen molar-refractivity contribution < 1.29 is 4.79 Å². The molecule has 0 saturated heterocycles. The topological polar surface area (TPSA) is 67.8 Å². The number of thioether (sulfide) groups is 1. The molecule has 134 valence electrons. The van der Waals surface area contributed by atoms with Gasteiger partial charge in [0.1, 0.15) is 0 Å². The van der Waals surface area contributed by atoms with Gasteiger partial charge in [0.2, 0.25) is 5.91 Å². The van der Waals surface area contributed by atoms with E-state index in [0.29, 0.717) is 10.3 Å². The molecule has 0 radical (unpaired) electrons. The van der Waals surface area contributed by atoms with E-state index >= 15 is 0 Å². The molecule has 1 aromatic carbocycles. The highest BCUT2D eigenvalue weighted by Crippen LogP contribution is 2.22. The number of aromatic nitrogens is 3. The molecule has 26 heavy (non-hydrogen) atoms. The standard InChI is InChI=1S/C19H20N4OS2/c1-12-4-6-15(7-5-12)9-16-10-20-18(26-16)23-17(24)11-25-19-21-13(2)8-14(3)22-19/h4-8,10H,9,11H2,1-3H3,(H,20,23,24). The monoisotopic (exact) mass is 384 g/mol. The van der Waals surface area contributed by atoms with Crippen LogP contribution in [0.25, 0.3) is 0 Å². The minimum Gasteiger partial charge on any atom is -0.301 e. The third-order valence-corrected chi connectivity index (χ3v) is 5.35. The van der Waals surface area contributed by atoms with Crippen molar-refractivity contribution in [2.45, 2.75) is 32.3 Å². The average Bonchev–Trinajstić information content (AvgIpc) is 3.01. The highest BCUT2D eigenvalue weighted by atomic mass is 32.2. The minimum atomic E-state index is -0.103. The summed E-state index contributed by atoms with van der Waals surface area (Å²) in [5.41, 5.74) is 4.29. The largest absolute Gasteiger partial charge is 0.301 e. The lowest BCUT2D eigenvalue weighted by atomic mass is 10.1. The molecule has 7 heteroatoms. The van der Waals surface area contributed by atoms with Gasteiger partial charge >= 0.3 is 0 Å². The number of thiazole rings is 1. The molecule has 0 aliphatic heterocycles. The molecule has 3 rings (SSSR count). The Labute approximate surface area is 161 Å². The van der Waals surface area contributed by atoms with Gasteiger partial charge in [0.15, 0.2) is 10.3 Å². The number of carbonyl (C=O) groups is 1. The molecule has 0 saturated carbocycles. The lowest BCUT2D eigenvalue weighted by molar-refractivity contribution is -0.113. The van der Waals surface area contributed by atoms with Crippen molar-refractivity contribution in [3.8, 4) is 0 Å². The molecule has 3 aromatic rings. The predicted octanol–water partition coefficient (Wildman–Crippen LogP) is 4.18. The molecule has 2 heterocycles. The Morgan fingerprint density at radius 2 is 1.81 bits per heavy atom. The first-order valence-electron chi connectivity index (χ1n) is 8.23. The van der Waals surface area contributed by atoms with E-state index in [0.717, 1.165) is 22.7 Å². The van der Waals surface area contributed by atoms with E-state index < -0.39 is 0 Å². The molecule has 1 N–H and O–H groups in total. The third-order valence-electron chi connectivity index (χ3n) is 3.59. The second kappa shape index (κ2) is 8.42. The van der Waals surface area contributed by atoms with Crippen LogP contribution in [-0.4, -0.2) is 26.6 Å². The number of nitrogens with zero attached hydrogens (tertiary/aromatic N) is 3. The molecular formula is C19H20N4OS2. The second-order valence-electron chi connectivity index (χ2n) is 6.06. The molecule has 0 bridgehead atoms. The fraction of sp³-hybridized carbons (Fsp3) is 0.263. The smallest absolute Gasteiger partial charge is 0.236 e. The Hall–Kier alpha value is -2.25. The average molecular weight is 385 g/mol. The van der Waals surface area contributed by atoms with E-state index in [1.165, 1.54) is 34.2 Å². The Morgan fingerprint density at radius 1 is 1.12 bits per heavy atom. The molecule has 1 amide bonds. The normalized spacial score (nSPS) is 10.7. The number of rotatable bonds is 6. The van der Waals surface area contributed by atoms with Crippen LogP contribution in [0.5, 0.6) is 0 Å². The van der Waals surface area contributed by atoms with Crippen LogP contribution < -0.4 is 5.32 Å². The summed E-state index contributed by atoms with van der Waals surface area (Å²) in [6.07, 6.45) is 2.64. The van der Waals surface area contributed by atoms with Crippen LogP contribution in [-0.2, 0) is 11.2 Å². The Morgan fingerprint density at radius 3 is 2.50 bits per heavy atom. The highest BCUT2D eigenvalue weighted by molar-refractivity contribution is 7.99. The van der Waals surface area contributed by atoms with E-state index in [4.69, 9.17) is 0 Å². The first-order chi connectivity index (χ1) is 12.5. The molecule has 2 aromatic heterocycles. The molecule has 0 aliphatic carbocycles. The van der Waals surface area contributed by atoms with Gasteiger partial charge in [0.25, 0.3) is 0 Å². The fourth-order valence-electron chi connectivity index (χ4n) is 2.40. The van der Waals surface area contributed by atoms with E-state index in [2.05, 4.69) is 51.5 Å². The fourth-order valence-corrected chi connectivity index (χ4v) is 4.01. The number of carbonyl (C=O) groups excluding carboxylic acids is 1. The van der Waals surface area contributed by atoms with Crippen LogP contribution in [0.1, 0.15) is 27.4 Å². The third kappa shape index (κ3) is 5.37. The quantitative estimate of drug-likeness (QED) is 0.510.